The third-order valence-electron chi connectivity index (χ3n) is 7.67. The molecule has 1 saturated carbocycles. The second kappa shape index (κ2) is 9.34. The van der Waals surface area contributed by atoms with Gasteiger partial charge in [0.15, 0.2) is 5.60 Å². The molecule has 1 saturated heterocycles. The molecule has 8 nitrogen and oxygen atoms in total. The predicted octanol–water partition coefficient (Wildman–Crippen LogP) is 3.13. The maximum Gasteiger partial charge on any atom is 0.407 e. The van der Waals surface area contributed by atoms with Gasteiger partial charge in [-0.3, -0.25) is 4.79 Å². The van der Waals surface area contributed by atoms with Gasteiger partial charge in [0.1, 0.15) is 6.61 Å². The van der Waals surface area contributed by atoms with E-state index in [-0.39, 0.29) is 49.9 Å². The SMILES string of the molecule is O=C(N[C@@H]1CC[C@H](CC(=O)N2CCC(O)(C(=O)O)C2)C1)OCC1c2ccccc2-c2ccccc21. The van der Waals surface area contributed by atoms with Crippen molar-refractivity contribution in [3.05, 3.63) is 59.7 Å². The number of alkyl carbamates (subject to hydrolysis) is 1. The van der Waals surface area contributed by atoms with Crippen molar-refractivity contribution in [2.24, 2.45) is 5.92 Å². The first kappa shape index (κ1) is 23.4. The van der Waals surface area contributed by atoms with Gasteiger partial charge in [-0.25, -0.2) is 9.59 Å². The second-order valence-electron chi connectivity index (χ2n) is 9.95. The minimum Gasteiger partial charge on any atom is -0.479 e. The lowest BCUT2D eigenvalue weighted by atomic mass is 9.98. The Bertz CT molecular complexity index is 1100. The van der Waals surface area contributed by atoms with Gasteiger partial charge in [-0.05, 0) is 47.4 Å². The molecule has 184 valence electrons. The summed E-state index contributed by atoms with van der Waals surface area (Å²) in [6, 6.07) is 16.3. The Hall–Kier alpha value is -3.39. The Kier molecular flexibility index (Phi) is 6.23. The number of rotatable bonds is 6. The van der Waals surface area contributed by atoms with Crippen LogP contribution in [0, 0.1) is 5.92 Å². The topological polar surface area (TPSA) is 116 Å². The molecule has 35 heavy (non-hydrogen) atoms. The first-order valence-corrected chi connectivity index (χ1v) is 12.2. The summed E-state index contributed by atoms with van der Waals surface area (Å²) in [4.78, 5) is 37.8. The highest BCUT2D eigenvalue weighted by atomic mass is 16.5. The van der Waals surface area contributed by atoms with Gasteiger partial charge in [0.05, 0.1) is 6.54 Å². The van der Waals surface area contributed by atoms with Crippen LogP contribution in [0.4, 0.5) is 4.79 Å². The average Bonchev–Trinajstić information content (AvgIpc) is 3.54. The van der Waals surface area contributed by atoms with Gasteiger partial charge in [0.25, 0.3) is 0 Å². The summed E-state index contributed by atoms with van der Waals surface area (Å²) in [7, 11) is 0. The van der Waals surface area contributed by atoms with Crippen molar-refractivity contribution in [2.75, 3.05) is 19.7 Å². The minimum absolute atomic E-state index is 0.00649. The van der Waals surface area contributed by atoms with Crippen LogP contribution < -0.4 is 5.32 Å². The number of aliphatic hydroxyl groups is 1. The highest BCUT2D eigenvalue weighted by molar-refractivity contribution is 5.82. The van der Waals surface area contributed by atoms with Crippen LogP contribution in [0.15, 0.2) is 48.5 Å². The van der Waals surface area contributed by atoms with E-state index in [9.17, 15) is 19.5 Å². The summed E-state index contributed by atoms with van der Waals surface area (Å²) in [6.45, 7) is 0.334. The number of carbonyl (C=O) groups excluding carboxylic acids is 2. The molecule has 0 spiro atoms. The quantitative estimate of drug-likeness (QED) is 0.588. The average molecular weight is 479 g/mol. The van der Waals surface area contributed by atoms with Crippen molar-refractivity contribution < 1.29 is 29.3 Å². The summed E-state index contributed by atoms with van der Waals surface area (Å²) in [5, 5.41) is 22.2. The molecule has 0 radical (unpaired) electrons. The normalized spacial score (nSPS) is 25.2. The Labute approximate surface area is 203 Å². The molecule has 3 aliphatic rings. The van der Waals surface area contributed by atoms with E-state index in [0.29, 0.717) is 12.8 Å². The lowest BCUT2D eigenvalue weighted by Gasteiger charge is -2.21. The predicted molar refractivity (Wildman–Crippen MR) is 128 cm³/mol. The van der Waals surface area contributed by atoms with E-state index in [1.807, 2.05) is 24.3 Å². The number of benzene rings is 2. The minimum atomic E-state index is -1.85. The van der Waals surface area contributed by atoms with Crippen molar-refractivity contribution in [1.29, 1.82) is 0 Å². The molecular formula is C27H30N2O6. The summed E-state index contributed by atoms with van der Waals surface area (Å²) in [5.41, 5.74) is 2.84. The monoisotopic (exact) mass is 478 g/mol. The van der Waals surface area contributed by atoms with Gasteiger partial charge in [-0.2, -0.15) is 0 Å². The fourth-order valence-corrected chi connectivity index (χ4v) is 5.76. The third kappa shape index (κ3) is 4.62. The molecule has 2 aliphatic carbocycles. The highest BCUT2D eigenvalue weighted by Gasteiger charge is 2.45. The van der Waals surface area contributed by atoms with Crippen LogP contribution in [0.5, 0.6) is 0 Å². The molecule has 1 heterocycles. The molecule has 0 bridgehead atoms. The van der Waals surface area contributed by atoms with Gasteiger partial charge in [0.2, 0.25) is 5.91 Å². The molecule has 3 N–H and O–H groups in total. The van der Waals surface area contributed by atoms with Gasteiger partial charge in [0, 0.05) is 31.3 Å². The fraction of sp³-hybridized carbons (Fsp3) is 0.444. The van der Waals surface area contributed by atoms with E-state index in [2.05, 4.69) is 29.6 Å². The van der Waals surface area contributed by atoms with Gasteiger partial charge in [-0.1, -0.05) is 48.5 Å². The van der Waals surface area contributed by atoms with E-state index >= 15 is 0 Å². The van der Waals surface area contributed by atoms with Gasteiger partial charge >= 0.3 is 12.1 Å². The molecule has 1 unspecified atom stereocenters. The van der Waals surface area contributed by atoms with Crippen molar-refractivity contribution in [1.82, 2.24) is 10.2 Å². The van der Waals surface area contributed by atoms with Crippen LogP contribution in [0.25, 0.3) is 11.1 Å². The van der Waals surface area contributed by atoms with Crippen molar-refractivity contribution in [3.8, 4) is 11.1 Å². The zero-order valence-corrected chi connectivity index (χ0v) is 19.5. The van der Waals surface area contributed by atoms with E-state index in [1.54, 1.807) is 0 Å². The molecule has 2 amide bonds. The number of hydrogen-bond donors (Lipinski definition) is 3. The number of hydrogen-bond acceptors (Lipinski definition) is 5. The highest BCUT2D eigenvalue weighted by Crippen LogP contribution is 2.44. The molecule has 2 fully saturated rings. The number of ether oxygens (including phenoxy) is 1. The number of nitrogens with one attached hydrogen (secondary N) is 1. The van der Waals surface area contributed by atoms with Gasteiger partial charge in [-0.15, -0.1) is 0 Å². The lowest BCUT2D eigenvalue weighted by molar-refractivity contribution is -0.157. The maximum atomic E-state index is 12.6. The summed E-state index contributed by atoms with van der Waals surface area (Å²) in [6.07, 6.45) is 2.13. The molecule has 0 aromatic heterocycles. The van der Waals surface area contributed by atoms with Crippen LogP contribution in [0.3, 0.4) is 0 Å². The van der Waals surface area contributed by atoms with Crippen LogP contribution in [-0.4, -0.2) is 64.4 Å². The van der Waals surface area contributed by atoms with Crippen molar-refractivity contribution in [3.63, 3.8) is 0 Å². The molecule has 1 aliphatic heterocycles. The number of carboxylic acids is 1. The molecule has 8 heteroatoms. The Balaban J connectivity index is 1.10. The van der Waals surface area contributed by atoms with E-state index in [0.717, 1.165) is 24.0 Å². The molecular weight excluding hydrogens is 448 g/mol. The van der Waals surface area contributed by atoms with Crippen molar-refractivity contribution in [2.45, 2.75) is 49.7 Å². The van der Waals surface area contributed by atoms with E-state index < -0.39 is 17.7 Å². The van der Waals surface area contributed by atoms with Crippen molar-refractivity contribution >= 4 is 18.0 Å². The number of carboxylic acid groups (broad SMARTS) is 1. The van der Waals surface area contributed by atoms with Crippen LogP contribution in [0.1, 0.15) is 49.1 Å². The lowest BCUT2D eigenvalue weighted by Crippen LogP contribution is -2.42. The molecule has 2 aromatic rings. The number of fused-ring (bicyclic) bond motifs is 3. The summed E-state index contributed by atoms with van der Waals surface area (Å²) >= 11 is 0. The Morgan fingerprint density at radius 2 is 1.69 bits per heavy atom. The largest absolute Gasteiger partial charge is 0.479 e. The zero-order chi connectivity index (χ0) is 24.6. The molecule has 3 atom stereocenters. The Morgan fingerprint density at radius 1 is 1.03 bits per heavy atom. The first-order valence-electron chi connectivity index (χ1n) is 12.2. The van der Waals surface area contributed by atoms with Crippen LogP contribution in [-0.2, 0) is 14.3 Å². The summed E-state index contributed by atoms with van der Waals surface area (Å²) in [5.74, 6) is -1.32. The zero-order valence-electron chi connectivity index (χ0n) is 19.5. The van der Waals surface area contributed by atoms with E-state index in [4.69, 9.17) is 9.84 Å². The van der Waals surface area contributed by atoms with Crippen LogP contribution in [0.2, 0.25) is 0 Å². The number of likely N-dealkylation sites (tertiary alicyclic amines) is 1. The standard InChI is InChI=1S/C27H30N2O6/c30-24(29-12-11-27(34,16-29)25(31)32)14-17-9-10-18(13-17)28-26(33)35-15-23-21-7-3-1-5-19(21)20-6-2-4-8-22(20)23/h1-8,17-18,23,34H,9-16H2,(H,28,33)(H,31,32)/t17-,18+,27?/m0/s1. The number of amides is 2. The first-order chi connectivity index (χ1) is 16.8. The number of carbonyl (C=O) groups is 3. The maximum absolute atomic E-state index is 12.6. The fourth-order valence-electron chi connectivity index (χ4n) is 5.76. The second-order valence-corrected chi connectivity index (χ2v) is 9.95. The number of aliphatic carboxylic acids is 1. The number of nitrogens with zero attached hydrogens (tertiary/aromatic N) is 1. The Morgan fingerprint density at radius 3 is 2.31 bits per heavy atom. The van der Waals surface area contributed by atoms with Gasteiger partial charge < -0.3 is 25.2 Å². The molecule has 5 rings (SSSR count). The molecule has 2 aromatic carbocycles. The summed E-state index contributed by atoms with van der Waals surface area (Å²) < 4.78 is 5.64. The van der Waals surface area contributed by atoms with E-state index in [1.165, 1.54) is 16.0 Å². The van der Waals surface area contributed by atoms with Crippen LogP contribution >= 0.6 is 0 Å². The third-order valence-corrected chi connectivity index (χ3v) is 7.67. The number of β-amino-alcohol motifs (C(OH)–C–C–N with tert-alkyl or cyclic N) is 1. The smallest absolute Gasteiger partial charge is 0.407 e.